The maximum atomic E-state index is 14.1. The number of halogens is 2. The average Bonchev–Trinajstić information content (AvgIpc) is 2.42. The largest absolute Gasteiger partial charge is 0.330 e. The summed E-state index contributed by atoms with van der Waals surface area (Å²) in [7, 11) is 0. The summed E-state index contributed by atoms with van der Waals surface area (Å²) in [4.78, 5) is 2.25. The van der Waals surface area contributed by atoms with E-state index in [4.69, 9.17) is 5.73 Å². The monoisotopic (exact) mass is 268 g/mol. The second kappa shape index (κ2) is 6.44. The van der Waals surface area contributed by atoms with Gasteiger partial charge in [-0.15, -0.1) is 0 Å². The van der Waals surface area contributed by atoms with Gasteiger partial charge >= 0.3 is 0 Å². The molecule has 0 amide bonds. The van der Waals surface area contributed by atoms with E-state index in [1.807, 2.05) is 0 Å². The molecule has 1 aromatic rings. The molecule has 1 saturated heterocycles. The Balaban J connectivity index is 2.36. The second-order valence-electron chi connectivity index (χ2n) is 5.26. The van der Waals surface area contributed by atoms with E-state index in [1.165, 1.54) is 6.07 Å². The molecule has 2 atom stereocenters. The fourth-order valence-electron chi connectivity index (χ4n) is 3.14. The van der Waals surface area contributed by atoms with Gasteiger partial charge in [0.05, 0.1) is 0 Å². The lowest BCUT2D eigenvalue weighted by atomic mass is 9.84. The third kappa shape index (κ3) is 2.95. The molecule has 2 nitrogen and oxygen atoms in total. The molecule has 19 heavy (non-hydrogen) atoms. The van der Waals surface area contributed by atoms with E-state index in [-0.39, 0.29) is 12.0 Å². The number of benzene rings is 1. The summed E-state index contributed by atoms with van der Waals surface area (Å²) >= 11 is 0. The minimum atomic E-state index is -0.768. The molecule has 4 heteroatoms. The van der Waals surface area contributed by atoms with Gasteiger partial charge in [0.2, 0.25) is 0 Å². The van der Waals surface area contributed by atoms with Crippen molar-refractivity contribution in [1.82, 2.24) is 4.90 Å². The SMILES string of the molecule is CCCN1CCCC(CN)C1c1cccc(F)c1F. The van der Waals surface area contributed by atoms with E-state index >= 15 is 0 Å². The first-order chi connectivity index (χ1) is 9.19. The van der Waals surface area contributed by atoms with Crippen LogP contribution in [-0.4, -0.2) is 24.5 Å². The normalized spacial score (nSPS) is 24.6. The summed E-state index contributed by atoms with van der Waals surface area (Å²) in [6.45, 7) is 4.45. The summed E-state index contributed by atoms with van der Waals surface area (Å²) in [6.07, 6.45) is 3.07. The van der Waals surface area contributed by atoms with Gasteiger partial charge in [-0.2, -0.15) is 0 Å². The van der Waals surface area contributed by atoms with Crippen LogP contribution >= 0.6 is 0 Å². The molecular formula is C15H22F2N2. The molecule has 106 valence electrons. The molecule has 2 unspecified atom stereocenters. The number of nitrogens with zero attached hydrogens (tertiary/aromatic N) is 1. The lowest BCUT2D eigenvalue weighted by Gasteiger charge is -2.41. The number of likely N-dealkylation sites (tertiary alicyclic amines) is 1. The summed E-state index contributed by atoms with van der Waals surface area (Å²) in [5.41, 5.74) is 6.30. The van der Waals surface area contributed by atoms with Crippen LogP contribution in [0.2, 0.25) is 0 Å². The first-order valence-corrected chi connectivity index (χ1v) is 7.07. The minimum Gasteiger partial charge on any atom is -0.330 e. The third-order valence-electron chi connectivity index (χ3n) is 3.97. The van der Waals surface area contributed by atoms with Gasteiger partial charge in [0.1, 0.15) is 0 Å². The molecule has 0 spiro atoms. The number of nitrogens with two attached hydrogens (primary N) is 1. The molecule has 1 aromatic carbocycles. The maximum Gasteiger partial charge on any atom is 0.163 e. The second-order valence-corrected chi connectivity index (χ2v) is 5.26. The lowest BCUT2D eigenvalue weighted by molar-refractivity contribution is 0.0928. The van der Waals surface area contributed by atoms with Crippen molar-refractivity contribution < 1.29 is 8.78 Å². The highest BCUT2D eigenvalue weighted by Gasteiger charge is 2.33. The fraction of sp³-hybridized carbons (Fsp3) is 0.600. The molecular weight excluding hydrogens is 246 g/mol. The third-order valence-corrected chi connectivity index (χ3v) is 3.97. The van der Waals surface area contributed by atoms with Crippen LogP contribution in [0.15, 0.2) is 18.2 Å². The average molecular weight is 268 g/mol. The van der Waals surface area contributed by atoms with E-state index in [9.17, 15) is 8.78 Å². The van der Waals surface area contributed by atoms with Crippen LogP contribution in [0, 0.1) is 17.6 Å². The van der Waals surface area contributed by atoms with Gasteiger partial charge in [0.15, 0.2) is 11.6 Å². The van der Waals surface area contributed by atoms with Gasteiger partial charge in [-0.25, -0.2) is 8.78 Å². The summed E-state index contributed by atoms with van der Waals surface area (Å²) in [5, 5.41) is 0. The Morgan fingerprint density at radius 3 is 2.84 bits per heavy atom. The van der Waals surface area contributed by atoms with E-state index < -0.39 is 11.6 Å². The summed E-state index contributed by atoms with van der Waals surface area (Å²) in [5.74, 6) is -1.28. The zero-order chi connectivity index (χ0) is 13.8. The number of piperidine rings is 1. The Kier molecular flexibility index (Phi) is 4.88. The Labute approximate surface area is 113 Å². The van der Waals surface area contributed by atoms with E-state index in [0.717, 1.165) is 32.4 Å². The van der Waals surface area contributed by atoms with Crippen molar-refractivity contribution in [2.45, 2.75) is 32.2 Å². The van der Waals surface area contributed by atoms with Crippen LogP contribution in [0.1, 0.15) is 37.8 Å². The molecule has 1 heterocycles. The molecule has 0 radical (unpaired) electrons. The molecule has 0 saturated carbocycles. The molecule has 1 aliphatic heterocycles. The topological polar surface area (TPSA) is 29.3 Å². The number of hydrogen-bond acceptors (Lipinski definition) is 2. The molecule has 2 rings (SSSR count). The predicted octanol–water partition coefficient (Wildman–Crippen LogP) is 3.09. The van der Waals surface area contributed by atoms with E-state index in [1.54, 1.807) is 12.1 Å². The Morgan fingerprint density at radius 1 is 1.37 bits per heavy atom. The van der Waals surface area contributed by atoms with Gasteiger partial charge in [-0.3, -0.25) is 4.90 Å². The fourth-order valence-corrected chi connectivity index (χ4v) is 3.14. The van der Waals surface area contributed by atoms with Crippen molar-refractivity contribution in [3.8, 4) is 0 Å². The van der Waals surface area contributed by atoms with Gasteiger partial charge in [0, 0.05) is 11.6 Å². The Hall–Kier alpha value is -1.00. The van der Waals surface area contributed by atoms with Gasteiger partial charge < -0.3 is 5.73 Å². The van der Waals surface area contributed by atoms with Crippen molar-refractivity contribution >= 4 is 0 Å². The zero-order valence-corrected chi connectivity index (χ0v) is 11.4. The molecule has 1 aliphatic rings. The van der Waals surface area contributed by atoms with Crippen molar-refractivity contribution in [2.24, 2.45) is 11.7 Å². The van der Waals surface area contributed by atoms with Gasteiger partial charge in [-0.05, 0) is 50.9 Å². The minimum absolute atomic E-state index is 0.0885. The van der Waals surface area contributed by atoms with Crippen LogP contribution in [0.4, 0.5) is 8.78 Å². The summed E-state index contributed by atoms with van der Waals surface area (Å²) in [6, 6.07) is 4.36. The highest BCUT2D eigenvalue weighted by atomic mass is 19.2. The lowest BCUT2D eigenvalue weighted by Crippen LogP contribution is -2.42. The molecule has 0 aromatic heterocycles. The number of hydrogen-bond donors (Lipinski definition) is 1. The first kappa shape index (κ1) is 14.4. The van der Waals surface area contributed by atoms with Crippen LogP contribution < -0.4 is 5.73 Å². The molecule has 0 aliphatic carbocycles. The smallest absolute Gasteiger partial charge is 0.163 e. The molecule has 0 bridgehead atoms. The van der Waals surface area contributed by atoms with E-state index in [0.29, 0.717) is 12.1 Å². The standard InChI is InChI=1S/C15H22F2N2/c1-2-8-19-9-4-5-11(10-18)15(19)12-6-3-7-13(16)14(12)17/h3,6-7,11,15H,2,4-5,8-10,18H2,1H3. The van der Waals surface area contributed by atoms with Crippen molar-refractivity contribution in [3.63, 3.8) is 0 Å². The molecule has 2 N–H and O–H groups in total. The van der Waals surface area contributed by atoms with Crippen molar-refractivity contribution in [2.75, 3.05) is 19.6 Å². The first-order valence-electron chi connectivity index (χ1n) is 7.07. The summed E-state index contributed by atoms with van der Waals surface area (Å²) < 4.78 is 27.5. The van der Waals surface area contributed by atoms with Crippen molar-refractivity contribution in [1.29, 1.82) is 0 Å². The predicted molar refractivity (Wildman–Crippen MR) is 72.7 cm³/mol. The number of rotatable bonds is 4. The van der Waals surface area contributed by atoms with Crippen LogP contribution in [0.3, 0.4) is 0 Å². The Morgan fingerprint density at radius 2 is 2.16 bits per heavy atom. The van der Waals surface area contributed by atoms with Gasteiger partial charge in [-0.1, -0.05) is 19.1 Å². The van der Waals surface area contributed by atoms with Crippen LogP contribution in [-0.2, 0) is 0 Å². The van der Waals surface area contributed by atoms with Crippen molar-refractivity contribution in [3.05, 3.63) is 35.4 Å². The van der Waals surface area contributed by atoms with Crippen LogP contribution in [0.5, 0.6) is 0 Å². The van der Waals surface area contributed by atoms with Crippen LogP contribution in [0.25, 0.3) is 0 Å². The maximum absolute atomic E-state index is 14.1. The highest BCUT2D eigenvalue weighted by Crippen LogP contribution is 2.37. The quantitative estimate of drug-likeness (QED) is 0.909. The highest BCUT2D eigenvalue weighted by molar-refractivity contribution is 5.24. The zero-order valence-electron chi connectivity index (χ0n) is 11.4. The van der Waals surface area contributed by atoms with Gasteiger partial charge in [0.25, 0.3) is 0 Å². The Bertz CT molecular complexity index is 421. The van der Waals surface area contributed by atoms with E-state index in [2.05, 4.69) is 11.8 Å². The molecule has 1 fully saturated rings.